The van der Waals surface area contributed by atoms with Gasteiger partial charge in [-0.3, -0.25) is 0 Å². The van der Waals surface area contributed by atoms with Gasteiger partial charge in [0.1, 0.15) is 0 Å². The molecule has 1 aromatic rings. The van der Waals surface area contributed by atoms with Crippen molar-refractivity contribution in [2.45, 2.75) is 11.3 Å². The van der Waals surface area contributed by atoms with Gasteiger partial charge in [0.15, 0.2) is 9.84 Å². The molecule has 0 amide bonds. The van der Waals surface area contributed by atoms with Crippen molar-refractivity contribution in [2.75, 3.05) is 24.7 Å². The second kappa shape index (κ2) is 4.99. The highest BCUT2D eigenvalue weighted by molar-refractivity contribution is 7.90. The molecule has 0 fully saturated rings. The second-order valence-corrected chi connectivity index (χ2v) is 5.61. The molecule has 0 aliphatic heterocycles. The summed E-state index contributed by atoms with van der Waals surface area (Å²) in [5, 5.41) is 8.46. The van der Waals surface area contributed by atoms with E-state index in [4.69, 9.17) is 5.26 Å². The molecule has 0 atom stereocenters. The summed E-state index contributed by atoms with van der Waals surface area (Å²) in [6, 6.07) is 8.71. The number of nitriles is 1. The zero-order valence-electron chi connectivity index (χ0n) is 9.34. The van der Waals surface area contributed by atoms with Gasteiger partial charge in [-0.25, -0.2) is 8.42 Å². The Bertz CT molecular complexity index is 486. The molecule has 0 aliphatic rings. The van der Waals surface area contributed by atoms with Crippen LogP contribution in [0.1, 0.15) is 6.42 Å². The molecule has 0 aliphatic carbocycles. The molecule has 0 spiro atoms. The van der Waals surface area contributed by atoms with Crippen LogP contribution >= 0.6 is 0 Å². The molecule has 1 aromatic carbocycles. The predicted octanol–water partition coefficient (Wildman–Crippen LogP) is 1.44. The molecule has 0 bridgehead atoms. The Morgan fingerprint density at radius 2 is 1.88 bits per heavy atom. The zero-order chi connectivity index (χ0) is 12.2. The van der Waals surface area contributed by atoms with Crippen LogP contribution in [0.25, 0.3) is 0 Å². The van der Waals surface area contributed by atoms with Gasteiger partial charge >= 0.3 is 0 Å². The molecule has 0 unspecified atom stereocenters. The molecule has 0 saturated heterocycles. The minimum Gasteiger partial charge on any atom is -0.374 e. The number of nitrogens with zero attached hydrogens (tertiary/aromatic N) is 2. The van der Waals surface area contributed by atoms with E-state index in [0.29, 0.717) is 17.9 Å². The van der Waals surface area contributed by atoms with E-state index in [9.17, 15) is 8.42 Å². The van der Waals surface area contributed by atoms with Gasteiger partial charge in [-0.05, 0) is 24.3 Å². The van der Waals surface area contributed by atoms with E-state index in [2.05, 4.69) is 6.07 Å². The van der Waals surface area contributed by atoms with Gasteiger partial charge < -0.3 is 4.90 Å². The summed E-state index contributed by atoms with van der Waals surface area (Å²) in [6.45, 7) is 0.634. The Labute approximate surface area is 96.0 Å². The van der Waals surface area contributed by atoms with Crippen LogP contribution in [0.4, 0.5) is 5.69 Å². The van der Waals surface area contributed by atoms with Crippen molar-refractivity contribution in [3.05, 3.63) is 24.3 Å². The van der Waals surface area contributed by atoms with Gasteiger partial charge in [-0.2, -0.15) is 5.26 Å². The van der Waals surface area contributed by atoms with Crippen LogP contribution in [-0.2, 0) is 9.84 Å². The number of rotatable bonds is 4. The van der Waals surface area contributed by atoms with E-state index in [0.717, 1.165) is 5.69 Å². The third-order valence-corrected chi connectivity index (χ3v) is 3.39. The minimum absolute atomic E-state index is 0.310. The van der Waals surface area contributed by atoms with E-state index >= 15 is 0 Å². The summed E-state index contributed by atoms with van der Waals surface area (Å²) < 4.78 is 22.5. The molecule has 1 rings (SSSR count). The first-order valence-electron chi connectivity index (χ1n) is 4.83. The average molecular weight is 238 g/mol. The number of hydrogen-bond acceptors (Lipinski definition) is 4. The average Bonchev–Trinajstić information content (AvgIpc) is 2.25. The smallest absolute Gasteiger partial charge is 0.175 e. The Morgan fingerprint density at radius 3 is 2.31 bits per heavy atom. The molecule has 5 heteroatoms. The van der Waals surface area contributed by atoms with Crippen molar-refractivity contribution < 1.29 is 8.42 Å². The maximum absolute atomic E-state index is 11.2. The fourth-order valence-corrected chi connectivity index (χ4v) is 1.93. The van der Waals surface area contributed by atoms with Crippen molar-refractivity contribution in [1.82, 2.24) is 0 Å². The summed E-state index contributed by atoms with van der Waals surface area (Å²) in [4.78, 5) is 2.22. The quantitative estimate of drug-likeness (QED) is 0.796. The molecular weight excluding hydrogens is 224 g/mol. The van der Waals surface area contributed by atoms with Crippen molar-refractivity contribution >= 4 is 15.5 Å². The second-order valence-electron chi connectivity index (χ2n) is 3.60. The third kappa shape index (κ3) is 3.24. The number of anilines is 1. The lowest BCUT2D eigenvalue weighted by Crippen LogP contribution is -2.17. The van der Waals surface area contributed by atoms with Crippen molar-refractivity contribution in [3.63, 3.8) is 0 Å². The first-order chi connectivity index (χ1) is 7.45. The normalized spacial score (nSPS) is 10.8. The summed E-state index contributed by atoms with van der Waals surface area (Å²) in [5.74, 6) is 0. The maximum Gasteiger partial charge on any atom is 0.175 e. The topological polar surface area (TPSA) is 61.2 Å². The van der Waals surface area contributed by atoms with Gasteiger partial charge in [-0.15, -0.1) is 0 Å². The van der Waals surface area contributed by atoms with Gasteiger partial charge in [0.2, 0.25) is 0 Å². The Hall–Kier alpha value is -1.54. The highest BCUT2D eigenvalue weighted by Gasteiger charge is 2.07. The molecular formula is C11H14N2O2S. The summed E-state index contributed by atoms with van der Waals surface area (Å²) >= 11 is 0. The van der Waals surface area contributed by atoms with Crippen LogP contribution in [0, 0.1) is 11.3 Å². The first kappa shape index (κ1) is 12.5. The van der Waals surface area contributed by atoms with E-state index in [-0.39, 0.29) is 0 Å². The molecule has 0 radical (unpaired) electrons. The molecule has 0 N–H and O–H groups in total. The van der Waals surface area contributed by atoms with Crippen LogP contribution in [0.15, 0.2) is 29.2 Å². The highest BCUT2D eigenvalue weighted by Crippen LogP contribution is 2.16. The maximum atomic E-state index is 11.2. The lowest BCUT2D eigenvalue weighted by Gasteiger charge is -2.17. The summed E-state index contributed by atoms with van der Waals surface area (Å²) in [5.41, 5.74) is 0.905. The fraction of sp³-hybridized carbons (Fsp3) is 0.364. The lowest BCUT2D eigenvalue weighted by molar-refractivity contribution is 0.602. The van der Waals surface area contributed by atoms with E-state index in [1.807, 2.05) is 11.9 Å². The fourth-order valence-electron chi connectivity index (χ4n) is 1.29. The monoisotopic (exact) mass is 238 g/mol. The van der Waals surface area contributed by atoms with E-state index < -0.39 is 9.84 Å². The van der Waals surface area contributed by atoms with Crippen molar-refractivity contribution in [1.29, 1.82) is 5.26 Å². The third-order valence-electron chi connectivity index (χ3n) is 2.26. The van der Waals surface area contributed by atoms with Gasteiger partial charge in [0, 0.05) is 25.5 Å². The number of sulfone groups is 1. The van der Waals surface area contributed by atoms with Crippen molar-refractivity contribution in [2.24, 2.45) is 0 Å². The highest BCUT2D eigenvalue weighted by atomic mass is 32.2. The predicted molar refractivity (Wildman–Crippen MR) is 63.1 cm³/mol. The standard InChI is InChI=1S/C11H14N2O2S/c1-13(9-3-8-12)10-4-6-11(7-5-10)16(2,14)15/h4-7H,3,9H2,1-2H3. The Kier molecular flexibility index (Phi) is 3.91. The Morgan fingerprint density at radius 1 is 1.31 bits per heavy atom. The molecule has 0 aromatic heterocycles. The van der Waals surface area contributed by atoms with Crippen LogP contribution in [-0.4, -0.2) is 28.3 Å². The lowest BCUT2D eigenvalue weighted by atomic mass is 10.3. The SMILES string of the molecule is CN(CCC#N)c1ccc(S(C)(=O)=O)cc1. The van der Waals surface area contributed by atoms with Crippen LogP contribution in [0.5, 0.6) is 0 Å². The van der Waals surface area contributed by atoms with Crippen LogP contribution in [0.3, 0.4) is 0 Å². The van der Waals surface area contributed by atoms with Crippen molar-refractivity contribution in [3.8, 4) is 6.07 Å². The number of benzene rings is 1. The first-order valence-corrected chi connectivity index (χ1v) is 6.72. The minimum atomic E-state index is -3.13. The largest absolute Gasteiger partial charge is 0.374 e. The van der Waals surface area contributed by atoms with Crippen LogP contribution in [0.2, 0.25) is 0 Å². The zero-order valence-corrected chi connectivity index (χ0v) is 10.2. The van der Waals surface area contributed by atoms with Gasteiger partial charge in [-0.1, -0.05) is 0 Å². The summed E-state index contributed by atoms with van der Waals surface area (Å²) in [6.07, 6.45) is 1.63. The van der Waals surface area contributed by atoms with Gasteiger partial charge in [0.05, 0.1) is 17.4 Å². The van der Waals surface area contributed by atoms with E-state index in [1.54, 1.807) is 24.3 Å². The number of hydrogen-bond donors (Lipinski definition) is 0. The molecule has 16 heavy (non-hydrogen) atoms. The molecule has 4 nitrogen and oxygen atoms in total. The summed E-state index contributed by atoms with van der Waals surface area (Å²) in [7, 11) is -1.27. The van der Waals surface area contributed by atoms with Gasteiger partial charge in [0.25, 0.3) is 0 Å². The molecule has 0 saturated carbocycles. The molecule has 86 valence electrons. The van der Waals surface area contributed by atoms with E-state index in [1.165, 1.54) is 6.26 Å². The molecule has 0 heterocycles. The van der Waals surface area contributed by atoms with Crippen LogP contribution < -0.4 is 4.90 Å². The Balaban J connectivity index is 2.84.